The smallest absolute Gasteiger partial charge is 0.273 e. The van der Waals surface area contributed by atoms with Crippen LogP contribution in [0.3, 0.4) is 0 Å². The largest absolute Gasteiger partial charge is 0.393 e. The minimum Gasteiger partial charge on any atom is -0.393 e. The van der Waals surface area contributed by atoms with Gasteiger partial charge in [-0.05, 0) is 0 Å². The maximum Gasteiger partial charge on any atom is 0.273 e. The lowest BCUT2D eigenvalue weighted by atomic mass is 10.4. The zero-order valence-corrected chi connectivity index (χ0v) is 7.74. The van der Waals surface area contributed by atoms with Crippen LogP contribution in [0.1, 0.15) is 0 Å². The Morgan fingerprint density at radius 1 is 1.55 bits per heavy atom. The van der Waals surface area contributed by atoms with E-state index in [2.05, 4.69) is 4.98 Å². The van der Waals surface area contributed by atoms with Crippen molar-refractivity contribution < 1.29 is 0 Å². The highest BCUT2D eigenvalue weighted by Crippen LogP contribution is 2.33. The van der Waals surface area contributed by atoms with Crippen molar-refractivity contribution in [3.63, 3.8) is 0 Å². The van der Waals surface area contributed by atoms with Crippen LogP contribution in [-0.4, -0.2) is 4.98 Å². The predicted molar refractivity (Wildman–Crippen MR) is 51.1 cm³/mol. The second kappa shape index (κ2) is 2.84. The van der Waals surface area contributed by atoms with Crippen LogP contribution in [0, 0.1) is 0 Å². The third kappa shape index (κ3) is 1.15. The average molecular weight is 209 g/mol. The molecule has 0 fully saturated rings. The molecule has 2 aliphatic heterocycles. The van der Waals surface area contributed by atoms with Crippen LogP contribution >= 0.6 is 33.1 Å². The molecule has 0 aromatic rings. The highest BCUT2D eigenvalue weighted by Gasteiger charge is 2.12. The lowest BCUT2D eigenvalue weighted by Crippen LogP contribution is -2.03. The van der Waals surface area contributed by atoms with Gasteiger partial charge in [-0.25, -0.2) is 0 Å². The number of nitrogens with one attached hydrogen (secondary N) is 1. The number of rotatable bonds is 0. The summed E-state index contributed by atoms with van der Waals surface area (Å²) in [4.78, 5) is 14.4. The van der Waals surface area contributed by atoms with Gasteiger partial charge in [0.15, 0.2) is 0 Å². The van der Waals surface area contributed by atoms with E-state index in [1.807, 2.05) is 5.38 Å². The van der Waals surface area contributed by atoms with Gasteiger partial charge in [0.2, 0.25) is 0 Å². The van der Waals surface area contributed by atoms with Crippen LogP contribution in [0.15, 0.2) is 10.2 Å². The number of anilines is 1. The van der Waals surface area contributed by atoms with Crippen LogP contribution in [0.2, 0.25) is 0 Å². The standard InChI is InChI=1S/C5H4N2OS2.ClH/c6-3-4-2(1-9-10-4)7-5(3)8;/h1H,6H2,(H,7,8);1H. The molecule has 0 saturated heterocycles. The number of hydrogen-bond acceptors (Lipinski definition) is 4. The Labute approximate surface area is 76.0 Å². The van der Waals surface area contributed by atoms with Gasteiger partial charge in [-0.3, -0.25) is 4.79 Å². The minimum absolute atomic E-state index is 0. The lowest BCUT2D eigenvalue weighted by Gasteiger charge is -1.81. The Balaban J connectivity index is 0.000000605. The SMILES string of the molecule is Cl.Nc1c2sscc-2[nH]c1=O. The van der Waals surface area contributed by atoms with Crippen LogP contribution in [0.4, 0.5) is 5.69 Å². The summed E-state index contributed by atoms with van der Waals surface area (Å²) in [6, 6.07) is 0. The van der Waals surface area contributed by atoms with Gasteiger partial charge >= 0.3 is 0 Å². The van der Waals surface area contributed by atoms with E-state index in [-0.39, 0.29) is 18.0 Å². The van der Waals surface area contributed by atoms with Crippen LogP contribution in [0.25, 0.3) is 10.6 Å². The fourth-order valence-electron chi connectivity index (χ4n) is 0.788. The molecule has 0 saturated carbocycles. The van der Waals surface area contributed by atoms with Crippen LogP contribution in [-0.2, 0) is 0 Å². The molecule has 0 amide bonds. The number of nitrogen functional groups attached to an aromatic ring is 1. The summed E-state index contributed by atoms with van der Waals surface area (Å²) in [5, 5.41) is 1.89. The maximum atomic E-state index is 10.8. The second-order valence-electron chi connectivity index (χ2n) is 1.91. The van der Waals surface area contributed by atoms with Crippen molar-refractivity contribution in [2.75, 3.05) is 5.73 Å². The van der Waals surface area contributed by atoms with Crippen molar-refractivity contribution in [3.05, 3.63) is 15.7 Å². The van der Waals surface area contributed by atoms with Crippen molar-refractivity contribution in [2.24, 2.45) is 0 Å². The Kier molecular flexibility index (Phi) is 2.22. The predicted octanol–water partition coefficient (Wildman–Crippen LogP) is 1.61. The van der Waals surface area contributed by atoms with Gasteiger partial charge < -0.3 is 10.7 Å². The normalized spacial score (nSPS) is 9.82. The van der Waals surface area contributed by atoms with E-state index >= 15 is 0 Å². The summed E-state index contributed by atoms with van der Waals surface area (Å²) in [5.41, 5.74) is 6.49. The van der Waals surface area contributed by atoms with E-state index in [4.69, 9.17) is 5.73 Å². The van der Waals surface area contributed by atoms with E-state index in [1.165, 1.54) is 10.3 Å². The first-order chi connectivity index (χ1) is 4.79. The van der Waals surface area contributed by atoms with Crippen molar-refractivity contribution >= 4 is 38.8 Å². The molecule has 0 atom stereocenters. The third-order valence-corrected chi connectivity index (χ3v) is 3.39. The molecule has 0 radical (unpaired) electrons. The number of nitrogens with two attached hydrogens (primary N) is 1. The van der Waals surface area contributed by atoms with E-state index < -0.39 is 0 Å². The molecule has 60 valence electrons. The van der Waals surface area contributed by atoms with Gasteiger partial charge in [0.25, 0.3) is 5.56 Å². The van der Waals surface area contributed by atoms with Gasteiger partial charge in [0.05, 0.1) is 10.6 Å². The van der Waals surface area contributed by atoms with Crippen LogP contribution < -0.4 is 11.3 Å². The zero-order valence-electron chi connectivity index (χ0n) is 5.29. The van der Waals surface area contributed by atoms with Gasteiger partial charge in [0.1, 0.15) is 5.69 Å². The van der Waals surface area contributed by atoms with E-state index in [0.717, 1.165) is 10.6 Å². The van der Waals surface area contributed by atoms with Gasteiger partial charge in [-0.2, -0.15) is 0 Å². The topological polar surface area (TPSA) is 58.9 Å². The van der Waals surface area contributed by atoms with Crippen molar-refractivity contribution in [3.8, 4) is 10.6 Å². The molecule has 11 heavy (non-hydrogen) atoms. The molecule has 6 heteroatoms. The molecule has 0 aromatic heterocycles. The highest BCUT2D eigenvalue weighted by atomic mass is 35.5. The number of fused-ring (bicyclic) bond motifs is 1. The molecule has 2 rings (SSSR count). The molecule has 0 aliphatic carbocycles. The Bertz CT molecular complexity index is 376. The monoisotopic (exact) mass is 208 g/mol. The molecule has 0 spiro atoms. The summed E-state index contributed by atoms with van der Waals surface area (Å²) in [6.07, 6.45) is 0. The van der Waals surface area contributed by atoms with Crippen molar-refractivity contribution in [2.45, 2.75) is 0 Å². The number of aromatic nitrogens is 1. The molecule has 2 heterocycles. The second-order valence-corrected chi connectivity index (χ2v) is 3.99. The molecule has 0 unspecified atom stereocenters. The number of H-pyrrole nitrogens is 1. The lowest BCUT2D eigenvalue weighted by molar-refractivity contribution is 1.33. The molecular weight excluding hydrogens is 204 g/mol. The van der Waals surface area contributed by atoms with E-state index in [9.17, 15) is 4.79 Å². The number of hydrogen-bond donors (Lipinski definition) is 2. The highest BCUT2D eigenvalue weighted by molar-refractivity contribution is 7.70. The average Bonchev–Trinajstić information content (AvgIpc) is 2.41. The maximum absolute atomic E-state index is 10.8. The van der Waals surface area contributed by atoms with Crippen LogP contribution in [0.5, 0.6) is 0 Å². The van der Waals surface area contributed by atoms with Gasteiger partial charge in [-0.15, -0.1) is 12.4 Å². The summed E-state index contributed by atoms with van der Waals surface area (Å²) in [7, 11) is 3.09. The molecule has 3 N–H and O–H groups in total. The molecule has 0 aromatic carbocycles. The van der Waals surface area contributed by atoms with Gasteiger partial charge in [-0.1, -0.05) is 20.7 Å². The summed E-state index contributed by atoms with van der Waals surface area (Å²) >= 11 is 0. The first-order valence-corrected chi connectivity index (χ1v) is 4.85. The Morgan fingerprint density at radius 2 is 2.27 bits per heavy atom. The fourth-order valence-corrected chi connectivity index (χ4v) is 2.92. The molecular formula is C5H5ClN2OS2. The van der Waals surface area contributed by atoms with E-state index in [0.29, 0.717) is 5.69 Å². The third-order valence-electron chi connectivity index (χ3n) is 1.28. The quantitative estimate of drug-likeness (QED) is 0.647. The zero-order chi connectivity index (χ0) is 7.14. The fraction of sp³-hybridized carbons (Fsp3) is 0. The van der Waals surface area contributed by atoms with E-state index in [1.54, 1.807) is 10.3 Å². The van der Waals surface area contributed by atoms with Crippen molar-refractivity contribution in [1.29, 1.82) is 0 Å². The van der Waals surface area contributed by atoms with Gasteiger partial charge in [0, 0.05) is 5.38 Å². The summed E-state index contributed by atoms with van der Waals surface area (Å²) < 4.78 is 0. The summed E-state index contributed by atoms with van der Waals surface area (Å²) in [6.45, 7) is 0. The first-order valence-electron chi connectivity index (χ1n) is 2.64. The first kappa shape index (κ1) is 8.58. The molecule has 2 aliphatic rings. The Hall–Kier alpha value is -0.520. The number of halogens is 1. The minimum atomic E-state index is -0.172. The van der Waals surface area contributed by atoms with Crippen molar-refractivity contribution in [1.82, 2.24) is 4.98 Å². The summed E-state index contributed by atoms with van der Waals surface area (Å²) in [5.74, 6) is 0. The Morgan fingerprint density at radius 3 is 2.91 bits per heavy atom. The number of aromatic amines is 1. The molecule has 0 bridgehead atoms. The molecule has 3 nitrogen and oxygen atoms in total.